The van der Waals surface area contributed by atoms with Gasteiger partial charge in [-0.1, -0.05) is 65.8 Å². The van der Waals surface area contributed by atoms with Crippen molar-refractivity contribution in [3.63, 3.8) is 0 Å². The van der Waals surface area contributed by atoms with E-state index in [1.807, 2.05) is 12.1 Å². The first kappa shape index (κ1) is 34.0. The second-order valence-electron chi connectivity index (χ2n) is 14.0. The summed E-state index contributed by atoms with van der Waals surface area (Å²) in [5, 5.41) is 0.0845. The topological polar surface area (TPSA) is 63.2 Å². The molecule has 1 saturated heterocycles. The van der Waals surface area contributed by atoms with Crippen molar-refractivity contribution in [2.75, 3.05) is 7.11 Å². The minimum Gasteiger partial charge on any atom is -0.497 e. The van der Waals surface area contributed by atoms with Crippen LogP contribution in [0.3, 0.4) is 0 Å². The first-order valence-electron chi connectivity index (χ1n) is 15.7. The summed E-state index contributed by atoms with van der Waals surface area (Å²) in [4.78, 5) is 11.6. The molecule has 2 aliphatic rings. The predicted molar refractivity (Wildman–Crippen MR) is 168 cm³/mol. The zero-order valence-electron chi connectivity index (χ0n) is 27.1. The summed E-state index contributed by atoms with van der Waals surface area (Å²) in [6, 6.07) is 8.06. The van der Waals surface area contributed by atoms with Gasteiger partial charge >= 0.3 is 0 Å². The van der Waals surface area contributed by atoms with Crippen molar-refractivity contribution in [3.8, 4) is 5.75 Å². The van der Waals surface area contributed by atoms with Gasteiger partial charge in [0.05, 0.1) is 38.1 Å². The van der Waals surface area contributed by atoms with Crippen LogP contribution >= 0.6 is 0 Å². The molecule has 6 nitrogen and oxygen atoms in total. The first-order chi connectivity index (χ1) is 19.3. The number of rotatable bonds is 14. The van der Waals surface area contributed by atoms with Gasteiger partial charge in [-0.15, -0.1) is 0 Å². The molecule has 0 bridgehead atoms. The molecular formula is C34H56O6Si. The van der Waals surface area contributed by atoms with Gasteiger partial charge in [0, 0.05) is 31.6 Å². The Labute approximate surface area is 250 Å². The van der Waals surface area contributed by atoms with Crippen LogP contribution in [0.25, 0.3) is 0 Å². The fourth-order valence-corrected chi connectivity index (χ4v) is 7.21. The molecular weight excluding hydrogens is 532 g/mol. The van der Waals surface area contributed by atoms with Crippen molar-refractivity contribution in [3.05, 3.63) is 42.0 Å². The second-order valence-corrected chi connectivity index (χ2v) is 18.8. The Balaban J connectivity index is 1.68. The third-order valence-electron chi connectivity index (χ3n) is 9.17. The number of hydrogen-bond acceptors (Lipinski definition) is 6. The predicted octanol–water partition coefficient (Wildman–Crippen LogP) is 8.24. The largest absolute Gasteiger partial charge is 0.497 e. The Morgan fingerprint density at radius 2 is 1.73 bits per heavy atom. The molecule has 1 heterocycles. The maximum Gasteiger partial charge on any atom is 0.192 e. The molecule has 232 valence electrons. The zero-order valence-corrected chi connectivity index (χ0v) is 28.1. The molecule has 1 spiro atoms. The van der Waals surface area contributed by atoms with E-state index in [0.717, 1.165) is 56.1 Å². The fourth-order valence-electron chi connectivity index (χ4n) is 5.83. The molecule has 2 fully saturated rings. The molecule has 1 aromatic carbocycles. The summed E-state index contributed by atoms with van der Waals surface area (Å²) < 4.78 is 31.7. The molecule has 0 N–H and O–H groups in total. The van der Waals surface area contributed by atoms with Gasteiger partial charge in [0.1, 0.15) is 12.0 Å². The number of hydrogen-bond donors (Lipinski definition) is 0. The SMILES string of the molecule is COc1ccc(CO[C@@H](C(C)C)[C@@H](C)/C=C/[C@H]2C[C@@H](C[C@H](CC=O)O[Si](C)(C)C(C)(C)C)OC3(CCCC3)O2)cc1. The number of aldehydes is 1. The van der Waals surface area contributed by atoms with Crippen LogP contribution in [0, 0.1) is 11.8 Å². The van der Waals surface area contributed by atoms with E-state index in [2.05, 4.69) is 78.9 Å². The number of carbonyl (C=O) groups excluding carboxylic acids is 1. The Morgan fingerprint density at radius 3 is 2.29 bits per heavy atom. The smallest absolute Gasteiger partial charge is 0.192 e. The minimum absolute atomic E-state index is 0.00579. The molecule has 1 aromatic rings. The molecule has 3 rings (SSSR count). The summed E-state index contributed by atoms with van der Waals surface area (Å²) in [5.74, 6) is 0.923. The Hall–Kier alpha value is -1.51. The highest BCUT2D eigenvalue weighted by Crippen LogP contribution is 2.43. The molecule has 0 aromatic heterocycles. The lowest BCUT2D eigenvalue weighted by Crippen LogP contribution is -2.49. The van der Waals surface area contributed by atoms with Gasteiger partial charge in [0.15, 0.2) is 14.1 Å². The molecule has 1 saturated carbocycles. The fraction of sp³-hybridized carbons (Fsp3) is 0.735. The van der Waals surface area contributed by atoms with E-state index in [1.165, 1.54) is 0 Å². The van der Waals surface area contributed by atoms with Crippen molar-refractivity contribution in [2.45, 2.75) is 141 Å². The summed E-state index contributed by atoms with van der Waals surface area (Å²) in [7, 11) is -0.337. The first-order valence-corrected chi connectivity index (χ1v) is 18.6. The minimum atomic E-state index is -2.02. The van der Waals surface area contributed by atoms with Crippen LogP contribution in [-0.4, -0.2) is 51.9 Å². The van der Waals surface area contributed by atoms with E-state index < -0.39 is 14.1 Å². The number of ether oxygens (including phenoxy) is 4. The molecule has 5 atom stereocenters. The Kier molecular flexibility index (Phi) is 12.3. The highest BCUT2D eigenvalue weighted by Gasteiger charge is 2.45. The maximum atomic E-state index is 11.6. The van der Waals surface area contributed by atoms with Crippen LogP contribution in [0.2, 0.25) is 18.1 Å². The highest BCUT2D eigenvalue weighted by molar-refractivity contribution is 6.74. The van der Waals surface area contributed by atoms with Crippen LogP contribution in [0.15, 0.2) is 36.4 Å². The average Bonchev–Trinajstić information content (AvgIpc) is 3.33. The van der Waals surface area contributed by atoms with Crippen LogP contribution in [0.1, 0.15) is 92.1 Å². The van der Waals surface area contributed by atoms with E-state index in [1.54, 1.807) is 7.11 Å². The van der Waals surface area contributed by atoms with Gasteiger partial charge in [0.25, 0.3) is 0 Å². The Morgan fingerprint density at radius 1 is 1.07 bits per heavy atom. The quantitative estimate of drug-likeness (QED) is 0.124. The monoisotopic (exact) mass is 588 g/mol. The van der Waals surface area contributed by atoms with E-state index >= 15 is 0 Å². The average molecular weight is 589 g/mol. The summed E-state index contributed by atoms with van der Waals surface area (Å²) in [6.45, 7) is 18.4. The third-order valence-corrected chi connectivity index (χ3v) is 13.7. The molecule has 1 aliphatic carbocycles. The second kappa shape index (κ2) is 14.8. The zero-order chi connectivity index (χ0) is 30.3. The van der Waals surface area contributed by atoms with E-state index in [9.17, 15) is 4.79 Å². The number of carbonyl (C=O) groups is 1. The third kappa shape index (κ3) is 9.75. The van der Waals surface area contributed by atoms with Gasteiger partial charge in [-0.25, -0.2) is 0 Å². The molecule has 7 heteroatoms. The highest BCUT2D eigenvalue weighted by atomic mass is 28.4. The van der Waals surface area contributed by atoms with E-state index in [4.69, 9.17) is 23.4 Å². The van der Waals surface area contributed by atoms with Crippen molar-refractivity contribution in [1.29, 1.82) is 0 Å². The van der Waals surface area contributed by atoms with Gasteiger partial charge < -0.3 is 28.2 Å². The molecule has 0 unspecified atom stereocenters. The van der Waals surface area contributed by atoms with Crippen LogP contribution in [0.5, 0.6) is 5.75 Å². The normalized spacial score (nSPS) is 23.7. The number of benzene rings is 1. The lowest BCUT2D eigenvalue weighted by molar-refractivity contribution is -0.308. The number of methoxy groups -OCH3 is 1. The lowest BCUT2D eigenvalue weighted by Gasteiger charge is -2.44. The van der Waals surface area contributed by atoms with Crippen molar-refractivity contribution >= 4 is 14.6 Å². The van der Waals surface area contributed by atoms with Gasteiger partial charge in [-0.05, 0) is 61.0 Å². The van der Waals surface area contributed by atoms with Crippen molar-refractivity contribution in [1.82, 2.24) is 0 Å². The van der Waals surface area contributed by atoms with Crippen LogP contribution < -0.4 is 4.74 Å². The van der Waals surface area contributed by atoms with Gasteiger partial charge in [-0.2, -0.15) is 0 Å². The molecule has 41 heavy (non-hydrogen) atoms. The summed E-state index contributed by atoms with van der Waals surface area (Å²) in [6.07, 6.45) is 11.4. The van der Waals surface area contributed by atoms with Crippen molar-refractivity contribution in [2.24, 2.45) is 11.8 Å². The molecule has 0 radical (unpaired) electrons. The lowest BCUT2D eigenvalue weighted by atomic mass is 9.93. The maximum absolute atomic E-state index is 11.6. The summed E-state index contributed by atoms with van der Waals surface area (Å²) in [5.41, 5.74) is 1.14. The standard InChI is InChI=1S/C34H56O6Si/c1-25(2)32(37-24-27-13-16-28(36-7)17-14-27)26(3)12-15-29-22-31(39-34(38-29)19-10-11-20-34)23-30(18-21-35)40-41(8,9)33(4,5)6/h12-17,21,25-26,29-32H,10-11,18-20,22-24H2,1-9H3/b15-12+/t26-,29-,30-,31-,32-/m0/s1. The molecule has 1 aliphatic heterocycles. The Bertz CT molecular complexity index is 960. The van der Waals surface area contributed by atoms with Gasteiger partial charge in [0.2, 0.25) is 0 Å². The van der Waals surface area contributed by atoms with E-state index in [-0.39, 0.29) is 35.4 Å². The molecule has 0 amide bonds. The van der Waals surface area contributed by atoms with Crippen LogP contribution in [-0.2, 0) is 30.0 Å². The van der Waals surface area contributed by atoms with Crippen LogP contribution in [0.4, 0.5) is 0 Å². The van der Waals surface area contributed by atoms with Gasteiger partial charge in [-0.3, -0.25) is 0 Å². The van der Waals surface area contributed by atoms with Crippen molar-refractivity contribution < 1.29 is 28.2 Å². The van der Waals surface area contributed by atoms with E-state index in [0.29, 0.717) is 18.9 Å². The summed E-state index contributed by atoms with van der Waals surface area (Å²) >= 11 is 0.